The lowest BCUT2D eigenvalue weighted by Gasteiger charge is -2.09. The lowest BCUT2D eigenvalue weighted by molar-refractivity contribution is 0.278. The third-order valence-corrected chi connectivity index (χ3v) is 3.28. The van der Waals surface area contributed by atoms with Gasteiger partial charge in [0, 0.05) is 23.1 Å². The van der Waals surface area contributed by atoms with Gasteiger partial charge in [0.25, 0.3) is 0 Å². The number of aromatic hydroxyl groups is 1. The lowest BCUT2D eigenvalue weighted by atomic mass is 10.1. The van der Waals surface area contributed by atoms with Gasteiger partial charge >= 0.3 is 0 Å². The number of benzene rings is 2. The second-order valence-electron chi connectivity index (χ2n) is 4.51. The van der Waals surface area contributed by atoms with Gasteiger partial charge in [-0.2, -0.15) is 0 Å². The zero-order chi connectivity index (χ0) is 13.2. The summed E-state index contributed by atoms with van der Waals surface area (Å²) in [7, 11) is 0. The Balaban J connectivity index is 2.26. The van der Waals surface area contributed by atoms with Gasteiger partial charge in [0.05, 0.1) is 6.61 Å². The van der Waals surface area contributed by atoms with Crippen molar-refractivity contribution in [3.05, 3.63) is 54.6 Å². The highest BCUT2D eigenvalue weighted by Gasteiger charge is 2.10. The molecule has 0 saturated carbocycles. The molecule has 0 radical (unpaired) electrons. The van der Waals surface area contributed by atoms with E-state index in [0.717, 1.165) is 22.2 Å². The summed E-state index contributed by atoms with van der Waals surface area (Å²) < 4.78 is 2.07. The monoisotopic (exact) mass is 253 g/mol. The summed E-state index contributed by atoms with van der Waals surface area (Å²) in [6.07, 6.45) is 0. The van der Waals surface area contributed by atoms with E-state index in [1.807, 2.05) is 42.5 Å². The molecular weight excluding hydrogens is 238 g/mol. The van der Waals surface area contributed by atoms with Crippen LogP contribution in [0.15, 0.2) is 54.6 Å². The van der Waals surface area contributed by atoms with E-state index in [1.165, 1.54) is 0 Å². The molecule has 96 valence electrons. The minimum Gasteiger partial charge on any atom is -0.508 e. The van der Waals surface area contributed by atoms with Crippen LogP contribution in [0.25, 0.3) is 22.2 Å². The van der Waals surface area contributed by atoms with Crippen molar-refractivity contribution in [3.63, 3.8) is 0 Å². The summed E-state index contributed by atoms with van der Waals surface area (Å²) in [6, 6.07) is 17.4. The third kappa shape index (κ3) is 2.09. The Labute approximate surface area is 111 Å². The van der Waals surface area contributed by atoms with Gasteiger partial charge in [0.1, 0.15) is 5.75 Å². The van der Waals surface area contributed by atoms with Crippen molar-refractivity contribution < 1.29 is 10.2 Å². The number of hydrogen-bond acceptors (Lipinski definition) is 2. The number of rotatable bonds is 3. The van der Waals surface area contributed by atoms with Gasteiger partial charge in [-0.1, -0.05) is 30.3 Å². The van der Waals surface area contributed by atoms with Gasteiger partial charge in [-0.15, -0.1) is 0 Å². The van der Waals surface area contributed by atoms with Crippen molar-refractivity contribution in [2.75, 3.05) is 6.61 Å². The minimum atomic E-state index is 0.0878. The number of phenols is 1. The third-order valence-electron chi connectivity index (χ3n) is 3.28. The molecule has 19 heavy (non-hydrogen) atoms. The SMILES string of the molecule is OCCn1c(-c2ccccc2)cc2cc(O)ccc21. The number of aromatic nitrogens is 1. The topological polar surface area (TPSA) is 45.4 Å². The second kappa shape index (κ2) is 4.78. The molecule has 3 aromatic rings. The molecule has 0 bridgehead atoms. The van der Waals surface area contributed by atoms with Crippen LogP contribution >= 0.6 is 0 Å². The fourth-order valence-corrected chi connectivity index (χ4v) is 2.45. The molecule has 0 aliphatic carbocycles. The van der Waals surface area contributed by atoms with Gasteiger partial charge < -0.3 is 14.8 Å². The molecule has 0 fully saturated rings. The maximum Gasteiger partial charge on any atom is 0.116 e. The van der Waals surface area contributed by atoms with E-state index < -0.39 is 0 Å². The molecule has 0 amide bonds. The number of phenolic OH excluding ortho intramolecular Hbond substituents is 1. The number of aliphatic hydroxyl groups excluding tert-OH is 1. The summed E-state index contributed by atoms with van der Waals surface area (Å²) in [5.74, 6) is 0.258. The zero-order valence-corrected chi connectivity index (χ0v) is 10.5. The van der Waals surface area contributed by atoms with E-state index >= 15 is 0 Å². The molecular formula is C16H15NO2. The molecule has 2 aromatic carbocycles. The van der Waals surface area contributed by atoms with Crippen LogP contribution in [0.3, 0.4) is 0 Å². The van der Waals surface area contributed by atoms with E-state index in [0.29, 0.717) is 6.54 Å². The molecule has 3 heteroatoms. The number of fused-ring (bicyclic) bond motifs is 1. The van der Waals surface area contributed by atoms with Crippen molar-refractivity contribution in [1.82, 2.24) is 4.57 Å². The molecule has 0 unspecified atom stereocenters. The Hall–Kier alpha value is -2.26. The van der Waals surface area contributed by atoms with Crippen molar-refractivity contribution >= 4 is 10.9 Å². The summed E-state index contributed by atoms with van der Waals surface area (Å²) in [4.78, 5) is 0. The van der Waals surface area contributed by atoms with E-state index in [-0.39, 0.29) is 12.4 Å². The predicted molar refractivity (Wildman–Crippen MR) is 76.1 cm³/mol. The van der Waals surface area contributed by atoms with Crippen molar-refractivity contribution in [2.45, 2.75) is 6.54 Å². The van der Waals surface area contributed by atoms with Gasteiger partial charge in [-0.25, -0.2) is 0 Å². The average molecular weight is 253 g/mol. The number of hydrogen-bond donors (Lipinski definition) is 2. The van der Waals surface area contributed by atoms with Crippen LogP contribution in [0.2, 0.25) is 0 Å². The van der Waals surface area contributed by atoms with E-state index in [9.17, 15) is 10.2 Å². The van der Waals surface area contributed by atoms with Crippen LogP contribution in [-0.4, -0.2) is 21.4 Å². The molecule has 0 spiro atoms. The molecule has 1 aromatic heterocycles. The Bertz CT molecular complexity index is 701. The second-order valence-corrected chi connectivity index (χ2v) is 4.51. The Morgan fingerprint density at radius 2 is 1.74 bits per heavy atom. The molecule has 0 saturated heterocycles. The van der Waals surface area contributed by atoms with E-state index in [1.54, 1.807) is 12.1 Å². The molecule has 1 heterocycles. The van der Waals surface area contributed by atoms with Gasteiger partial charge in [-0.3, -0.25) is 0 Å². The van der Waals surface area contributed by atoms with Crippen molar-refractivity contribution in [3.8, 4) is 17.0 Å². The summed E-state index contributed by atoms with van der Waals surface area (Å²) in [6.45, 7) is 0.628. The standard InChI is InChI=1S/C16H15NO2/c18-9-8-17-15-7-6-14(19)10-13(15)11-16(17)12-4-2-1-3-5-12/h1-7,10-11,18-19H,8-9H2. The van der Waals surface area contributed by atoms with Crippen LogP contribution in [0.1, 0.15) is 0 Å². The first-order chi connectivity index (χ1) is 9.29. The molecule has 2 N–H and O–H groups in total. The van der Waals surface area contributed by atoms with Gasteiger partial charge in [0.2, 0.25) is 0 Å². The summed E-state index contributed by atoms with van der Waals surface area (Å²) in [5, 5.41) is 19.8. The normalized spacial score (nSPS) is 11.0. The van der Waals surface area contributed by atoms with Crippen LogP contribution < -0.4 is 0 Å². The molecule has 3 nitrogen and oxygen atoms in total. The minimum absolute atomic E-state index is 0.0878. The van der Waals surface area contributed by atoms with E-state index in [2.05, 4.69) is 4.57 Å². The highest BCUT2D eigenvalue weighted by molar-refractivity contribution is 5.88. The van der Waals surface area contributed by atoms with Crippen LogP contribution in [-0.2, 0) is 6.54 Å². The van der Waals surface area contributed by atoms with Gasteiger partial charge in [0.15, 0.2) is 0 Å². The maximum absolute atomic E-state index is 9.57. The van der Waals surface area contributed by atoms with Crippen molar-refractivity contribution in [2.24, 2.45) is 0 Å². The van der Waals surface area contributed by atoms with Crippen LogP contribution in [0.5, 0.6) is 5.75 Å². The Morgan fingerprint density at radius 3 is 2.47 bits per heavy atom. The largest absolute Gasteiger partial charge is 0.508 e. The zero-order valence-electron chi connectivity index (χ0n) is 10.5. The first-order valence-corrected chi connectivity index (χ1v) is 6.28. The van der Waals surface area contributed by atoms with Crippen molar-refractivity contribution in [1.29, 1.82) is 0 Å². The lowest BCUT2D eigenvalue weighted by Crippen LogP contribution is -2.03. The quantitative estimate of drug-likeness (QED) is 0.753. The molecule has 0 aliphatic rings. The Morgan fingerprint density at radius 1 is 0.947 bits per heavy atom. The highest BCUT2D eigenvalue weighted by Crippen LogP contribution is 2.30. The molecule has 0 aliphatic heterocycles. The first kappa shape index (κ1) is 11.8. The highest BCUT2D eigenvalue weighted by atomic mass is 16.3. The fraction of sp³-hybridized carbons (Fsp3) is 0.125. The Kier molecular flexibility index (Phi) is 2.97. The molecule has 3 rings (SSSR count). The average Bonchev–Trinajstić information content (AvgIpc) is 2.78. The van der Waals surface area contributed by atoms with Crippen LogP contribution in [0.4, 0.5) is 0 Å². The first-order valence-electron chi connectivity index (χ1n) is 6.28. The predicted octanol–water partition coefficient (Wildman–Crippen LogP) is 3.01. The van der Waals surface area contributed by atoms with E-state index in [4.69, 9.17) is 0 Å². The number of nitrogens with zero attached hydrogens (tertiary/aromatic N) is 1. The van der Waals surface area contributed by atoms with Crippen LogP contribution in [0, 0.1) is 0 Å². The smallest absolute Gasteiger partial charge is 0.116 e. The molecule has 0 atom stereocenters. The van der Waals surface area contributed by atoms with Gasteiger partial charge in [-0.05, 0) is 29.8 Å². The maximum atomic E-state index is 9.57. The fourth-order valence-electron chi connectivity index (χ4n) is 2.45. The summed E-state index contributed by atoms with van der Waals surface area (Å²) >= 11 is 0. The number of aliphatic hydroxyl groups is 1. The summed E-state index contributed by atoms with van der Waals surface area (Å²) in [5.41, 5.74) is 3.17.